The number of rotatable bonds is 9. The average molecular weight is 432 g/mol. The summed E-state index contributed by atoms with van der Waals surface area (Å²) in [5.41, 5.74) is 1.18. The number of methoxy groups -OCH3 is 1. The number of nitrogens with one attached hydrogen (secondary N) is 2. The average Bonchev–Trinajstić information content (AvgIpc) is 3.24. The van der Waals surface area contributed by atoms with Crippen LogP contribution >= 0.6 is 0 Å². The van der Waals surface area contributed by atoms with Crippen LogP contribution in [0.5, 0.6) is 5.75 Å². The summed E-state index contributed by atoms with van der Waals surface area (Å²) in [7, 11) is 1.74. The number of anilines is 1. The number of benzene rings is 1. The molecule has 2 saturated heterocycles. The van der Waals surface area contributed by atoms with Gasteiger partial charge in [0.05, 0.1) is 25.5 Å². The molecule has 0 bridgehead atoms. The molecule has 1 aromatic rings. The first kappa shape index (κ1) is 23.7. The van der Waals surface area contributed by atoms with Crippen molar-refractivity contribution in [3.8, 4) is 5.75 Å². The number of nitrogens with zero attached hydrogens (tertiary/aromatic N) is 3. The topological polar surface area (TPSA) is 61.4 Å². The van der Waals surface area contributed by atoms with Crippen molar-refractivity contribution in [1.29, 1.82) is 0 Å². The minimum Gasteiger partial charge on any atom is -0.495 e. The molecule has 7 heteroatoms. The number of hydrogen-bond acceptors (Lipinski definition) is 5. The molecule has 1 aromatic carbocycles. The van der Waals surface area contributed by atoms with E-state index < -0.39 is 0 Å². The molecule has 0 spiro atoms. The van der Waals surface area contributed by atoms with Crippen molar-refractivity contribution < 1.29 is 9.47 Å². The standard InChI is InChI=1S/C24H41N5O2/c1-5-25-24(27-15-21-18-28(12-13-31-21)16-19(2)3)26-14-20-10-11-29(17-20)22-8-6-7-9-23(22)30-4/h6-9,19-21H,5,10-18H2,1-4H3,(H2,25,26,27). The Morgan fingerprint density at radius 1 is 1.23 bits per heavy atom. The van der Waals surface area contributed by atoms with Gasteiger partial charge in [-0.2, -0.15) is 0 Å². The lowest BCUT2D eigenvalue weighted by Crippen LogP contribution is -2.50. The second-order valence-electron chi connectivity index (χ2n) is 9.02. The van der Waals surface area contributed by atoms with Crippen LogP contribution in [-0.2, 0) is 4.74 Å². The number of aliphatic imine (C=N–C) groups is 1. The second-order valence-corrected chi connectivity index (χ2v) is 9.02. The molecule has 2 unspecified atom stereocenters. The van der Waals surface area contributed by atoms with Gasteiger partial charge in [0, 0.05) is 52.4 Å². The summed E-state index contributed by atoms with van der Waals surface area (Å²) in [5.74, 6) is 3.07. The minimum atomic E-state index is 0.212. The monoisotopic (exact) mass is 431 g/mol. The smallest absolute Gasteiger partial charge is 0.191 e. The van der Waals surface area contributed by atoms with Crippen molar-refractivity contribution in [2.45, 2.75) is 33.3 Å². The summed E-state index contributed by atoms with van der Waals surface area (Å²) in [4.78, 5) is 9.81. The maximum atomic E-state index is 5.98. The van der Waals surface area contributed by atoms with Gasteiger partial charge in [0.25, 0.3) is 0 Å². The van der Waals surface area contributed by atoms with Gasteiger partial charge in [-0.3, -0.25) is 9.89 Å². The summed E-state index contributed by atoms with van der Waals surface area (Å²) < 4.78 is 11.5. The van der Waals surface area contributed by atoms with E-state index in [1.165, 1.54) is 5.69 Å². The van der Waals surface area contributed by atoms with Gasteiger partial charge in [0.2, 0.25) is 0 Å². The highest BCUT2D eigenvalue weighted by Crippen LogP contribution is 2.31. The number of guanidine groups is 1. The van der Waals surface area contributed by atoms with Crippen molar-refractivity contribution in [2.75, 3.05) is 71.0 Å². The van der Waals surface area contributed by atoms with Gasteiger partial charge >= 0.3 is 0 Å². The van der Waals surface area contributed by atoms with Gasteiger partial charge in [-0.05, 0) is 37.3 Å². The molecule has 2 heterocycles. The van der Waals surface area contributed by atoms with Crippen LogP contribution in [0.3, 0.4) is 0 Å². The first-order chi connectivity index (χ1) is 15.1. The number of morpholine rings is 1. The first-order valence-corrected chi connectivity index (χ1v) is 11.8. The fourth-order valence-corrected chi connectivity index (χ4v) is 4.45. The molecule has 7 nitrogen and oxygen atoms in total. The van der Waals surface area contributed by atoms with Crippen LogP contribution < -0.4 is 20.3 Å². The van der Waals surface area contributed by atoms with Crippen LogP contribution in [0, 0.1) is 11.8 Å². The fourth-order valence-electron chi connectivity index (χ4n) is 4.45. The molecule has 0 saturated carbocycles. The van der Waals surface area contributed by atoms with Gasteiger partial charge in [0.1, 0.15) is 5.75 Å². The Kier molecular flexibility index (Phi) is 9.28. The molecular weight excluding hydrogens is 390 g/mol. The van der Waals surface area contributed by atoms with Gasteiger partial charge in [-0.1, -0.05) is 26.0 Å². The quantitative estimate of drug-likeness (QED) is 0.463. The van der Waals surface area contributed by atoms with Crippen LogP contribution in [0.15, 0.2) is 29.3 Å². The number of para-hydroxylation sites is 2. The van der Waals surface area contributed by atoms with E-state index in [1.807, 2.05) is 12.1 Å². The lowest BCUT2D eigenvalue weighted by molar-refractivity contribution is -0.0284. The molecule has 0 aromatic heterocycles. The van der Waals surface area contributed by atoms with E-state index in [1.54, 1.807) is 7.11 Å². The highest BCUT2D eigenvalue weighted by molar-refractivity contribution is 5.79. The van der Waals surface area contributed by atoms with Crippen LogP contribution in [0.4, 0.5) is 5.69 Å². The summed E-state index contributed by atoms with van der Waals surface area (Å²) >= 11 is 0. The fraction of sp³-hybridized carbons (Fsp3) is 0.708. The van der Waals surface area contributed by atoms with E-state index >= 15 is 0 Å². The first-order valence-electron chi connectivity index (χ1n) is 11.8. The Labute approximate surface area is 188 Å². The zero-order valence-electron chi connectivity index (χ0n) is 19.8. The summed E-state index contributed by atoms with van der Waals surface area (Å²) in [6.45, 7) is 15.2. The molecule has 2 N–H and O–H groups in total. The lowest BCUT2D eigenvalue weighted by Gasteiger charge is -2.34. The Balaban J connectivity index is 1.48. The lowest BCUT2D eigenvalue weighted by atomic mass is 10.1. The minimum absolute atomic E-state index is 0.212. The summed E-state index contributed by atoms with van der Waals surface area (Å²) in [6.07, 6.45) is 1.36. The van der Waals surface area contributed by atoms with Crippen LogP contribution in [-0.4, -0.2) is 83.0 Å². The Morgan fingerprint density at radius 3 is 2.84 bits per heavy atom. The molecule has 0 radical (unpaired) electrons. The Morgan fingerprint density at radius 2 is 2.06 bits per heavy atom. The SMILES string of the molecule is CCNC(=NCC1CCN(c2ccccc2OC)C1)NCC1CN(CC(C)C)CCO1. The van der Waals surface area contributed by atoms with Gasteiger partial charge in [0.15, 0.2) is 5.96 Å². The van der Waals surface area contributed by atoms with Crippen molar-refractivity contribution in [1.82, 2.24) is 15.5 Å². The zero-order chi connectivity index (χ0) is 22.1. The van der Waals surface area contributed by atoms with Crippen LogP contribution in [0.2, 0.25) is 0 Å². The predicted molar refractivity (Wildman–Crippen MR) is 128 cm³/mol. The highest BCUT2D eigenvalue weighted by atomic mass is 16.5. The normalized spacial score (nSPS) is 22.7. The molecule has 174 valence electrons. The van der Waals surface area contributed by atoms with E-state index in [0.29, 0.717) is 11.8 Å². The highest BCUT2D eigenvalue weighted by Gasteiger charge is 2.25. The van der Waals surface area contributed by atoms with E-state index in [4.69, 9.17) is 14.5 Å². The summed E-state index contributed by atoms with van der Waals surface area (Å²) in [6, 6.07) is 8.27. The van der Waals surface area contributed by atoms with Gasteiger partial charge < -0.3 is 25.0 Å². The molecule has 0 amide bonds. The molecule has 31 heavy (non-hydrogen) atoms. The Hall–Kier alpha value is -1.99. The molecule has 0 aliphatic carbocycles. The van der Waals surface area contributed by atoms with Gasteiger partial charge in [-0.25, -0.2) is 0 Å². The van der Waals surface area contributed by atoms with Gasteiger partial charge in [-0.15, -0.1) is 0 Å². The molecule has 2 fully saturated rings. The zero-order valence-corrected chi connectivity index (χ0v) is 19.8. The number of hydrogen-bond donors (Lipinski definition) is 2. The van der Waals surface area contributed by atoms with Crippen molar-refractivity contribution in [2.24, 2.45) is 16.8 Å². The van der Waals surface area contributed by atoms with Crippen molar-refractivity contribution in [3.05, 3.63) is 24.3 Å². The largest absolute Gasteiger partial charge is 0.495 e. The second kappa shape index (κ2) is 12.2. The molecule has 2 atom stereocenters. The van der Waals surface area contributed by atoms with E-state index in [0.717, 1.165) is 77.1 Å². The molecular formula is C24H41N5O2. The predicted octanol–water partition coefficient (Wildman–Crippen LogP) is 2.43. The summed E-state index contributed by atoms with van der Waals surface area (Å²) in [5, 5.41) is 6.89. The maximum Gasteiger partial charge on any atom is 0.191 e. The molecule has 3 rings (SSSR count). The number of ether oxygens (including phenoxy) is 2. The van der Waals surface area contributed by atoms with E-state index in [-0.39, 0.29) is 6.10 Å². The third-order valence-electron chi connectivity index (χ3n) is 5.91. The van der Waals surface area contributed by atoms with Crippen LogP contribution in [0.1, 0.15) is 27.2 Å². The molecule has 2 aliphatic heterocycles. The third-order valence-corrected chi connectivity index (χ3v) is 5.91. The van der Waals surface area contributed by atoms with Crippen LogP contribution in [0.25, 0.3) is 0 Å². The van der Waals surface area contributed by atoms with E-state index in [9.17, 15) is 0 Å². The van der Waals surface area contributed by atoms with Crippen molar-refractivity contribution >= 4 is 11.6 Å². The maximum absolute atomic E-state index is 5.98. The Bertz CT molecular complexity index is 696. The molecule has 2 aliphatic rings. The third kappa shape index (κ3) is 7.28. The van der Waals surface area contributed by atoms with Crippen molar-refractivity contribution in [3.63, 3.8) is 0 Å². The van der Waals surface area contributed by atoms with E-state index in [2.05, 4.69) is 53.3 Å².